The highest BCUT2D eigenvalue weighted by Gasteiger charge is 2.13. The van der Waals surface area contributed by atoms with E-state index in [0.717, 1.165) is 11.1 Å². The summed E-state index contributed by atoms with van der Waals surface area (Å²) >= 11 is 0. The molecular weight excluding hydrogens is 380 g/mol. The maximum absolute atomic E-state index is 12.8. The Morgan fingerprint density at radius 2 is 1.43 bits per heavy atom. The van der Waals surface area contributed by atoms with Gasteiger partial charge in [0.15, 0.2) is 17.3 Å². The summed E-state index contributed by atoms with van der Waals surface area (Å²) in [7, 11) is 4.65. The normalized spacial score (nSPS) is 10.6. The summed E-state index contributed by atoms with van der Waals surface area (Å²) in [6, 6.07) is 20.6. The summed E-state index contributed by atoms with van der Waals surface area (Å²) in [6.07, 6.45) is 3.21. The number of ketones is 1. The van der Waals surface area contributed by atoms with Crippen molar-refractivity contribution in [3.63, 3.8) is 0 Å². The lowest BCUT2D eigenvalue weighted by Gasteiger charge is -2.13. The predicted octanol–water partition coefficient (Wildman–Crippen LogP) is 5.19. The van der Waals surface area contributed by atoms with Gasteiger partial charge in [-0.2, -0.15) is 0 Å². The molecule has 0 heterocycles. The van der Waals surface area contributed by atoms with E-state index in [1.165, 1.54) is 6.08 Å². The van der Waals surface area contributed by atoms with Crippen molar-refractivity contribution in [2.45, 2.75) is 6.61 Å². The van der Waals surface area contributed by atoms with E-state index in [9.17, 15) is 4.79 Å². The molecular formula is C25H24O5. The molecule has 0 fully saturated rings. The maximum Gasteiger partial charge on any atom is 0.203 e. The van der Waals surface area contributed by atoms with E-state index < -0.39 is 0 Å². The lowest BCUT2D eigenvalue weighted by Crippen LogP contribution is -2.02. The summed E-state index contributed by atoms with van der Waals surface area (Å²) in [6.45, 7) is 0.391. The minimum atomic E-state index is -0.160. The first-order valence-electron chi connectivity index (χ1n) is 9.44. The highest BCUT2D eigenvalue weighted by Crippen LogP contribution is 2.38. The topological polar surface area (TPSA) is 54.0 Å². The second kappa shape index (κ2) is 10.2. The Kier molecular flexibility index (Phi) is 7.11. The van der Waals surface area contributed by atoms with Crippen LogP contribution in [0.5, 0.6) is 23.0 Å². The van der Waals surface area contributed by atoms with Crippen molar-refractivity contribution in [1.82, 2.24) is 0 Å². The molecule has 0 aliphatic rings. The molecule has 0 bridgehead atoms. The highest BCUT2D eigenvalue weighted by atomic mass is 16.5. The lowest BCUT2D eigenvalue weighted by atomic mass is 10.1. The Hall–Kier alpha value is -3.73. The van der Waals surface area contributed by atoms with Crippen LogP contribution in [0.4, 0.5) is 0 Å². The summed E-state index contributed by atoms with van der Waals surface area (Å²) in [4.78, 5) is 12.8. The van der Waals surface area contributed by atoms with Crippen LogP contribution < -0.4 is 18.9 Å². The lowest BCUT2D eigenvalue weighted by molar-refractivity contribution is 0.104. The SMILES string of the molecule is COc1cc(/C=C\C(=O)c2ccccc2OCc2ccccc2)cc(OC)c1OC. The van der Waals surface area contributed by atoms with Gasteiger partial charge in [-0.05, 0) is 41.5 Å². The standard InChI is InChI=1S/C25H24O5/c1-27-23-15-19(16-24(28-2)25(23)29-3)13-14-21(26)20-11-7-8-12-22(20)30-17-18-9-5-4-6-10-18/h4-16H,17H2,1-3H3/b14-13-. The number of carbonyl (C=O) groups excluding carboxylic acids is 1. The number of para-hydroxylation sites is 1. The van der Waals surface area contributed by atoms with Crippen molar-refractivity contribution in [2.24, 2.45) is 0 Å². The molecule has 0 N–H and O–H groups in total. The van der Waals surface area contributed by atoms with Crippen LogP contribution in [-0.4, -0.2) is 27.1 Å². The second-order valence-corrected chi connectivity index (χ2v) is 6.43. The molecule has 0 amide bonds. The number of hydrogen-bond acceptors (Lipinski definition) is 5. The molecule has 0 radical (unpaired) electrons. The molecule has 154 valence electrons. The van der Waals surface area contributed by atoms with E-state index in [0.29, 0.717) is 35.2 Å². The van der Waals surface area contributed by atoms with E-state index in [2.05, 4.69) is 0 Å². The van der Waals surface area contributed by atoms with Crippen molar-refractivity contribution >= 4 is 11.9 Å². The molecule has 3 rings (SSSR count). The maximum atomic E-state index is 12.8. The number of allylic oxidation sites excluding steroid dienone is 1. The van der Waals surface area contributed by atoms with Gasteiger partial charge in [-0.25, -0.2) is 0 Å². The molecule has 3 aromatic rings. The quantitative estimate of drug-likeness (QED) is 0.363. The molecule has 0 aromatic heterocycles. The number of methoxy groups -OCH3 is 3. The van der Waals surface area contributed by atoms with Crippen molar-refractivity contribution in [1.29, 1.82) is 0 Å². The Morgan fingerprint density at radius 3 is 2.07 bits per heavy atom. The fraction of sp³-hybridized carbons (Fsp3) is 0.160. The Balaban J connectivity index is 1.80. The van der Waals surface area contributed by atoms with Gasteiger partial charge < -0.3 is 18.9 Å². The van der Waals surface area contributed by atoms with Gasteiger partial charge in [0.05, 0.1) is 26.9 Å². The number of benzene rings is 3. The third-order valence-electron chi connectivity index (χ3n) is 4.50. The molecule has 30 heavy (non-hydrogen) atoms. The summed E-state index contributed by atoms with van der Waals surface area (Å²) in [5, 5.41) is 0. The molecule has 0 unspecified atom stereocenters. The third kappa shape index (κ3) is 5.00. The molecule has 0 saturated carbocycles. The zero-order valence-corrected chi connectivity index (χ0v) is 17.3. The molecule has 5 heteroatoms. The van der Waals surface area contributed by atoms with E-state index in [1.54, 1.807) is 51.7 Å². The number of carbonyl (C=O) groups is 1. The minimum Gasteiger partial charge on any atom is -0.493 e. The number of hydrogen-bond donors (Lipinski definition) is 0. The van der Waals surface area contributed by atoms with E-state index in [4.69, 9.17) is 18.9 Å². The molecule has 0 spiro atoms. The molecule has 5 nitrogen and oxygen atoms in total. The smallest absolute Gasteiger partial charge is 0.203 e. The monoisotopic (exact) mass is 404 g/mol. The van der Waals surface area contributed by atoms with E-state index in [1.807, 2.05) is 42.5 Å². The largest absolute Gasteiger partial charge is 0.493 e. The molecule has 0 aliphatic heterocycles. The van der Waals surface area contributed by atoms with Crippen LogP contribution in [0.2, 0.25) is 0 Å². The second-order valence-electron chi connectivity index (χ2n) is 6.43. The molecule has 0 saturated heterocycles. The van der Waals surface area contributed by atoms with Crippen molar-refractivity contribution < 1.29 is 23.7 Å². The first-order chi connectivity index (χ1) is 14.7. The Bertz CT molecular complexity index is 1000. The van der Waals surface area contributed by atoms with Crippen molar-refractivity contribution in [3.8, 4) is 23.0 Å². The first kappa shape index (κ1) is 21.0. The van der Waals surface area contributed by atoms with Gasteiger partial charge in [-0.15, -0.1) is 0 Å². The van der Waals surface area contributed by atoms with Gasteiger partial charge >= 0.3 is 0 Å². The van der Waals surface area contributed by atoms with Crippen LogP contribution in [-0.2, 0) is 6.61 Å². The van der Waals surface area contributed by atoms with Crippen LogP contribution in [0.3, 0.4) is 0 Å². The van der Waals surface area contributed by atoms with Crippen LogP contribution in [0, 0.1) is 0 Å². The van der Waals surface area contributed by atoms with Crippen LogP contribution in [0.1, 0.15) is 21.5 Å². The minimum absolute atomic E-state index is 0.160. The van der Waals surface area contributed by atoms with Gasteiger partial charge in [0.25, 0.3) is 0 Å². The van der Waals surface area contributed by atoms with Crippen LogP contribution in [0.25, 0.3) is 6.08 Å². The van der Waals surface area contributed by atoms with Gasteiger partial charge in [-0.1, -0.05) is 48.5 Å². The third-order valence-corrected chi connectivity index (χ3v) is 4.50. The van der Waals surface area contributed by atoms with E-state index in [-0.39, 0.29) is 5.78 Å². The molecule has 0 atom stereocenters. The van der Waals surface area contributed by atoms with Gasteiger partial charge in [0.2, 0.25) is 5.75 Å². The average molecular weight is 404 g/mol. The fourth-order valence-corrected chi connectivity index (χ4v) is 2.99. The molecule has 3 aromatic carbocycles. The Labute approximate surface area is 176 Å². The zero-order chi connectivity index (χ0) is 21.3. The van der Waals surface area contributed by atoms with Gasteiger partial charge in [0.1, 0.15) is 12.4 Å². The van der Waals surface area contributed by atoms with Crippen LogP contribution in [0.15, 0.2) is 72.8 Å². The summed E-state index contributed by atoms with van der Waals surface area (Å²) in [5.74, 6) is 1.93. The summed E-state index contributed by atoms with van der Waals surface area (Å²) in [5.41, 5.74) is 2.28. The number of rotatable bonds is 9. The fourth-order valence-electron chi connectivity index (χ4n) is 2.99. The zero-order valence-electron chi connectivity index (χ0n) is 17.3. The van der Waals surface area contributed by atoms with E-state index >= 15 is 0 Å². The van der Waals surface area contributed by atoms with Crippen molar-refractivity contribution in [2.75, 3.05) is 21.3 Å². The molecule has 0 aliphatic carbocycles. The highest BCUT2D eigenvalue weighted by molar-refractivity contribution is 6.08. The predicted molar refractivity (Wildman–Crippen MR) is 117 cm³/mol. The Morgan fingerprint density at radius 1 is 0.800 bits per heavy atom. The van der Waals surface area contributed by atoms with Crippen molar-refractivity contribution in [3.05, 3.63) is 89.5 Å². The first-order valence-corrected chi connectivity index (χ1v) is 9.44. The van der Waals surface area contributed by atoms with Gasteiger partial charge in [-0.3, -0.25) is 4.79 Å². The summed E-state index contributed by atoms with van der Waals surface area (Å²) < 4.78 is 21.9. The number of ether oxygens (including phenoxy) is 4. The van der Waals surface area contributed by atoms with Crippen LogP contribution >= 0.6 is 0 Å². The average Bonchev–Trinajstić information content (AvgIpc) is 2.81. The van der Waals surface area contributed by atoms with Gasteiger partial charge in [0, 0.05) is 0 Å².